The minimum Gasteiger partial charge on any atom is -0.566 e. The molecule has 2 fully saturated rings. The maximum absolute atomic E-state index is 11.4. The first kappa shape index (κ1) is 23.6. The van der Waals surface area contributed by atoms with Gasteiger partial charge in [0.25, 0.3) is 0 Å². The lowest BCUT2D eigenvalue weighted by molar-refractivity contribution is 0.212. The summed E-state index contributed by atoms with van der Waals surface area (Å²) in [5.74, 6) is 0. The Morgan fingerprint density at radius 3 is 2.10 bits per heavy atom. The molecule has 5 rings (SSSR count). The molecule has 8 heteroatoms. The van der Waals surface area contributed by atoms with Crippen molar-refractivity contribution in [1.82, 2.24) is 8.61 Å². The molecule has 2 heterocycles. The van der Waals surface area contributed by atoms with E-state index in [4.69, 9.17) is 8.37 Å². The molecule has 0 saturated carbocycles. The Balaban J connectivity index is 0.000000158. The van der Waals surface area contributed by atoms with Gasteiger partial charge in [0.1, 0.15) is 12.1 Å². The third-order valence-corrected chi connectivity index (χ3v) is 7.82. The lowest BCUT2D eigenvalue weighted by atomic mass is 10.0. The second-order valence-corrected chi connectivity index (χ2v) is 9.58. The number of rotatable bonds is 1. The Bertz CT molecular complexity index is 813. The Morgan fingerprint density at radius 2 is 1.47 bits per heavy atom. The maximum Gasteiger partial charge on any atom is 0.217 e. The van der Waals surface area contributed by atoms with Crippen molar-refractivity contribution in [3.63, 3.8) is 0 Å². The first-order valence-electron chi connectivity index (χ1n) is 10.2. The summed E-state index contributed by atoms with van der Waals surface area (Å²) in [5.41, 5.74) is 3.68. The number of fused-ring (bicyclic) bond motifs is 3. The molecule has 0 aromatic heterocycles. The third kappa shape index (κ3) is 4.71. The van der Waals surface area contributed by atoms with E-state index in [9.17, 15) is 9.11 Å². The van der Waals surface area contributed by atoms with Crippen LogP contribution >= 0.6 is 0 Å². The zero-order valence-corrected chi connectivity index (χ0v) is 19.7. The maximum atomic E-state index is 11.4. The highest BCUT2D eigenvalue weighted by molar-refractivity contribution is 7.84. The van der Waals surface area contributed by atoms with Crippen LogP contribution in [-0.4, -0.2) is 44.0 Å². The van der Waals surface area contributed by atoms with E-state index < -0.39 is 23.3 Å². The Hall–Kier alpha value is -1.10. The summed E-state index contributed by atoms with van der Waals surface area (Å²) in [6, 6.07) is 18.5. The van der Waals surface area contributed by atoms with Gasteiger partial charge < -0.3 is 9.11 Å². The van der Waals surface area contributed by atoms with Crippen molar-refractivity contribution >= 4 is 23.3 Å². The van der Waals surface area contributed by atoms with Crippen LogP contribution < -0.4 is 0 Å². The summed E-state index contributed by atoms with van der Waals surface area (Å²) in [6.07, 6.45) is 0.886. The summed E-state index contributed by atoms with van der Waals surface area (Å²) >= 11 is -2.55. The largest absolute Gasteiger partial charge is 0.566 e. The van der Waals surface area contributed by atoms with Gasteiger partial charge in [0, 0.05) is 20.5 Å². The van der Waals surface area contributed by atoms with Gasteiger partial charge >= 0.3 is 0 Å². The normalized spacial score (nSPS) is 32.5. The number of hydrogen-bond donors (Lipinski definition) is 0. The molecule has 6 unspecified atom stereocenters. The first-order valence-corrected chi connectivity index (χ1v) is 12.3. The van der Waals surface area contributed by atoms with Crippen LogP contribution in [0.2, 0.25) is 0 Å². The minimum absolute atomic E-state index is 0.0815. The second kappa shape index (κ2) is 10.5. The van der Waals surface area contributed by atoms with E-state index in [1.165, 1.54) is 11.1 Å². The molecule has 0 amide bonds. The molecule has 164 valence electrons. The van der Waals surface area contributed by atoms with Crippen LogP contribution in [0.25, 0.3) is 0 Å². The van der Waals surface area contributed by atoms with Gasteiger partial charge in [-0.15, -0.1) is 8.37 Å². The average Bonchev–Trinajstić information content (AvgIpc) is 3.37. The van der Waals surface area contributed by atoms with E-state index in [0.717, 1.165) is 12.0 Å². The second-order valence-electron chi connectivity index (χ2n) is 7.18. The van der Waals surface area contributed by atoms with E-state index in [-0.39, 0.29) is 24.3 Å². The molecule has 2 aliphatic heterocycles. The van der Waals surface area contributed by atoms with Crippen LogP contribution in [0.15, 0.2) is 54.6 Å². The van der Waals surface area contributed by atoms with Gasteiger partial charge in [-0.05, 0) is 23.6 Å². The minimum atomic E-state index is -1.29. The van der Waals surface area contributed by atoms with Crippen molar-refractivity contribution in [1.29, 1.82) is 0 Å². The molecule has 6 nitrogen and oxygen atoms in total. The molecule has 2 saturated heterocycles. The van der Waals surface area contributed by atoms with Crippen LogP contribution in [-0.2, 0) is 38.1 Å². The summed E-state index contributed by atoms with van der Waals surface area (Å²) in [6.45, 7) is 6.02. The molecule has 0 spiro atoms. The lowest BCUT2D eigenvalue weighted by Crippen LogP contribution is -2.28. The smallest absolute Gasteiger partial charge is 0.217 e. The first-order chi connectivity index (χ1) is 14.5. The van der Waals surface area contributed by atoms with Gasteiger partial charge in [-0.2, -0.15) is 0 Å². The fraction of sp³-hybridized carbons (Fsp3) is 0.455. The van der Waals surface area contributed by atoms with Crippen LogP contribution in [0.5, 0.6) is 0 Å². The quantitative estimate of drug-likeness (QED) is 0.614. The molecule has 0 bridgehead atoms. The van der Waals surface area contributed by atoms with Gasteiger partial charge in [0.15, 0.2) is 6.10 Å². The molecule has 1 aliphatic carbocycles. The van der Waals surface area contributed by atoms with Crippen molar-refractivity contribution in [3.8, 4) is 0 Å². The SMILES string of the molecule is CC.CC1C(c2ccccc2)O[S+]([O-])N1C.CN1C2c3ccccc3CC2O[S+]1[O-]. The third-order valence-electron chi connectivity index (χ3n) is 5.54. The highest BCUT2D eigenvalue weighted by Crippen LogP contribution is 2.43. The van der Waals surface area contributed by atoms with Crippen molar-refractivity contribution in [3.05, 3.63) is 71.3 Å². The van der Waals surface area contributed by atoms with Gasteiger partial charge in [-0.25, -0.2) is 0 Å². The van der Waals surface area contributed by atoms with Crippen molar-refractivity contribution < 1.29 is 17.5 Å². The van der Waals surface area contributed by atoms with Crippen LogP contribution in [0, 0.1) is 0 Å². The monoisotopic (exact) mass is 450 g/mol. The lowest BCUT2D eigenvalue weighted by Gasteiger charge is -2.13. The Kier molecular flexibility index (Phi) is 8.23. The molecule has 2 aromatic rings. The molecule has 3 aliphatic rings. The van der Waals surface area contributed by atoms with Gasteiger partial charge in [0.05, 0.1) is 6.04 Å². The molecule has 30 heavy (non-hydrogen) atoms. The molecular weight excluding hydrogens is 420 g/mol. The van der Waals surface area contributed by atoms with E-state index in [1.807, 2.05) is 77.3 Å². The Labute approximate surface area is 186 Å². The predicted octanol–water partition coefficient (Wildman–Crippen LogP) is 3.88. The molecule has 2 aromatic carbocycles. The highest BCUT2D eigenvalue weighted by atomic mass is 32.2. The molecule has 0 N–H and O–H groups in total. The van der Waals surface area contributed by atoms with Crippen molar-refractivity contribution in [2.24, 2.45) is 0 Å². The van der Waals surface area contributed by atoms with Crippen LogP contribution in [0.1, 0.15) is 49.6 Å². The molecule has 0 radical (unpaired) electrons. The molecular formula is C22H30N2O4S2. The number of hydrogen-bond acceptors (Lipinski definition) is 6. The van der Waals surface area contributed by atoms with Crippen molar-refractivity contribution in [2.45, 2.75) is 51.5 Å². The van der Waals surface area contributed by atoms with Gasteiger partial charge in [-0.3, -0.25) is 0 Å². The number of nitrogens with zero attached hydrogens (tertiary/aromatic N) is 2. The van der Waals surface area contributed by atoms with Crippen molar-refractivity contribution in [2.75, 3.05) is 14.1 Å². The summed E-state index contributed by atoms with van der Waals surface area (Å²) in [4.78, 5) is 0. The number of likely N-dealkylation sites (N-methyl/N-ethyl adjacent to an activating group) is 2. The van der Waals surface area contributed by atoms with E-state index in [2.05, 4.69) is 12.1 Å². The summed E-state index contributed by atoms with van der Waals surface area (Å²) in [5, 5.41) is 0. The standard InChI is InChI=1S/C10H11NO2S.C10H13NO2S.C2H6/c1-11-10-8-5-3-2-4-7(8)6-9(10)13-14(11)12;1-8-10(13-14(12)11(8)2)9-6-4-3-5-7-9;1-2/h2-5,9-10H,6H2,1H3;3-8,10H,1-2H3;1-2H3. The number of benzene rings is 2. The predicted molar refractivity (Wildman–Crippen MR) is 121 cm³/mol. The fourth-order valence-electron chi connectivity index (χ4n) is 3.86. The van der Waals surface area contributed by atoms with Gasteiger partial charge in [0.2, 0.25) is 23.3 Å². The van der Waals surface area contributed by atoms with Crippen LogP contribution in [0.3, 0.4) is 0 Å². The average molecular weight is 451 g/mol. The Morgan fingerprint density at radius 1 is 0.867 bits per heavy atom. The van der Waals surface area contributed by atoms with Gasteiger partial charge in [-0.1, -0.05) is 77.1 Å². The highest BCUT2D eigenvalue weighted by Gasteiger charge is 2.50. The van der Waals surface area contributed by atoms with E-state index >= 15 is 0 Å². The zero-order chi connectivity index (χ0) is 21.8. The summed E-state index contributed by atoms with van der Waals surface area (Å²) in [7, 11) is 3.66. The topological polar surface area (TPSA) is 71.1 Å². The molecule has 6 atom stereocenters. The fourth-order valence-corrected chi connectivity index (χ4v) is 5.78. The summed E-state index contributed by atoms with van der Waals surface area (Å²) < 4.78 is 37.1. The van der Waals surface area contributed by atoms with E-state index in [1.54, 1.807) is 8.61 Å². The van der Waals surface area contributed by atoms with Crippen LogP contribution in [0.4, 0.5) is 0 Å². The zero-order valence-electron chi connectivity index (χ0n) is 18.1. The van der Waals surface area contributed by atoms with E-state index in [0.29, 0.717) is 0 Å².